The summed E-state index contributed by atoms with van der Waals surface area (Å²) in [5.41, 5.74) is 0. The van der Waals surface area contributed by atoms with E-state index in [4.69, 9.17) is 4.42 Å². The number of nitrogens with one attached hydrogen (secondary N) is 1. The molecule has 1 rings (SSSR count). The molecule has 1 heterocycles. The second-order valence-corrected chi connectivity index (χ2v) is 4.06. The van der Waals surface area contributed by atoms with Crippen LogP contribution in [0, 0.1) is 16.0 Å². The zero-order valence-corrected chi connectivity index (χ0v) is 10.3. The van der Waals surface area contributed by atoms with Gasteiger partial charge in [-0.15, -0.1) is 0 Å². The van der Waals surface area contributed by atoms with Gasteiger partial charge in [0.2, 0.25) is 0 Å². The summed E-state index contributed by atoms with van der Waals surface area (Å²) in [6.45, 7) is 3.89. The first-order valence-electron chi connectivity index (χ1n) is 5.66. The third-order valence-electron chi connectivity index (χ3n) is 2.77. The Balaban J connectivity index is 2.52. The monoisotopic (exact) mass is 256 g/mol. The van der Waals surface area contributed by atoms with E-state index in [2.05, 4.69) is 5.32 Å². The summed E-state index contributed by atoms with van der Waals surface area (Å²) in [5.74, 6) is -1.14. The molecule has 100 valence electrons. The Kier molecular flexibility index (Phi) is 4.85. The highest BCUT2D eigenvalue weighted by Gasteiger charge is 2.19. The van der Waals surface area contributed by atoms with Gasteiger partial charge in [0.1, 0.15) is 4.92 Å². The maximum Gasteiger partial charge on any atom is 0.433 e. The molecule has 0 aliphatic carbocycles. The fraction of sp³-hybridized carbons (Fsp3) is 0.545. The first kappa shape index (κ1) is 14.2. The van der Waals surface area contributed by atoms with E-state index >= 15 is 0 Å². The van der Waals surface area contributed by atoms with Crippen LogP contribution in [-0.4, -0.2) is 28.6 Å². The van der Waals surface area contributed by atoms with Crippen LogP contribution in [-0.2, 0) is 0 Å². The predicted octanol–water partition coefficient (Wildman–Crippen LogP) is 1.32. The average molecular weight is 256 g/mol. The molecule has 0 aliphatic rings. The molecule has 18 heavy (non-hydrogen) atoms. The molecule has 1 aromatic rings. The standard InChI is InChI=1S/C11H16N2O5/c1-3-7(2)8(14)6-12-11(15)9-4-5-10(18-9)13(16)17/h4-5,7-8,14H,3,6H2,1-2H3,(H,12,15). The summed E-state index contributed by atoms with van der Waals surface area (Å²) in [6, 6.07) is 2.34. The smallest absolute Gasteiger partial charge is 0.395 e. The van der Waals surface area contributed by atoms with Crippen LogP contribution in [0.4, 0.5) is 5.88 Å². The van der Waals surface area contributed by atoms with E-state index in [1.807, 2.05) is 13.8 Å². The summed E-state index contributed by atoms with van der Waals surface area (Å²) in [4.78, 5) is 21.2. The summed E-state index contributed by atoms with van der Waals surface area (Å²) in [5, 5.41) is 22.5. The summed E-state index contributed by atoms with van der Waals surface area (Å²) in [7, 11) is 0. The molecule has 0 aliphatic heterocycles. The van der Waals surface area contributed by atoms with Gasteiger partial charge in [0.25, 0.3) is 5.91 Å². The number of aliphatic hydroxyl groups excluding tert-OH is 1. The largest absolute Gasteiger partial charge is 0.433 e. The highest BCUT2D eigenvalue weighted by Crippen LogP contribution is 2.15. The topological polar surface area (TPSA) is 106 Å². The van der Waals surface area contributed by atoms with E-state index in [-0.39, 0.29) is 18.2 Å². The van der Waals surface area contributed by atoms with Crippen molar-refractivity contribution < 1.29 is 19.2 Å². The molecule has 0 aromatic carbocycles. The van der Waals surface area contributed by atoms with Gasteiger partial charge < -0.3 is 14.8 Å². The summed E-state index contributed by atoms with van der Waals surface area (Å²) < 4.78 is 4.73. The number of hydrogen-bond acceptors (Lipinski definition) is 5. The number of nitro groups is 1. The molecule has 0 radical (unpaired) electrons. The van der Waals surface area contributed by atoms with Crippen molar-refractivity contribution in [2.45, 2.75) is 26.4 Å². The first-order chi connectivity index (χ1) is 8.45. The van der Waals surface area contributed by atoms with Crippen molar-refractivity contribution in [2.75, 3.05) is 6.54 Å². The quantitative estimate of drug-likeness (QED) is 0.590. The van der Waals surface area contributed by atoms with E-state index in [0.717, 1.165) is 12.5 Å². The van der Waals surface area contributed by atoms with E-state index < -0.39 is 22.8 Å². The van der Waals surface area contributed by atoms with Crippen LogP contribution in [0.1, 0.15) is 30.8 Å². The Morgan fingerprint density at radius 3 is 2.78 bits per heavy atom. The number of furan rings is 1. The van der Waals surface area contributed by atoms with Crippen LogP contribution in [0.2, 0.25) is 0 Å². The third kappa shape index (κ3) is 3.56. The minimum Gasteiger partial charge on any atom is -0.395 e. The Labute approximate surface area is 104 Å². The van der Waals surface area contributed by atoms with Gasteiger partial charge in [-0.2, -0.15) is 0 Å². The van der Waals surface area contributed by atoms with E-state index in [0.29, 0.717) is 0 Å². The van der Waals surface area contributed by atoms with Gasteiger partial charge in [0.05, 0.1) is 12.2 Å². The molecule has 0 spiro atoms. The number of hydrogen-bond donors (Lipinski definition) is 2. The van der Waals surface area contributed by atoms with Crippen molar-refractivity contribution in [1.82, 2.24) is 5.32 Å². The molecule has 0 fully saturated rings. The highest BCUT2D eigenvalue weighted by molar-refractivity contribution is 5.91. The zero-order valence-electron chi connectivity index (χ0n) is 10.3. The molecular formula is C11H16N2O5. The van der Waals surface area contributed by atoms with Gasteiger partial charge in [-0.05, 0) is 12.0 Å². The number of amides is 1. The van der Waals surface area contributed by atoms with E-state index in [1.54, 1.807) is 0 Å². The fourth-order valence-corrected chi connectivity index (χ4v) is 1.31. The molecule has 7 heteroatoms. The molecule has 7 nitrogen and oxygen atoms in total. The second-order valence-electron chi connectivity index (χ2n) is 4.06. The Hall–Kier alpha value is -1.89. The van der Waals surface area contributed by atoms with Crippen molar-refractivity contribution in [3.05, 3.63) is 28.0 Å². The van der Waals surface area contributed by atoms with Gasteiger partial charge in [0, 0.05) is 6.54 Å². The molecular weight excluding hydrogens is 240 g/mol. The molecule has 0 bridgehead atoms. The van der Waals surface area contributed by atoms with Gasteiger partial charge >= 0.3 is 5.88 Å². The number of carbonyl (C=O) groups is 1. The van der Waals surface area contributed by atoms with Crippen molar-refractivity contribution in [2.24, 2.45) is 5.92 Å². The predicted molar refractivity (Wildman–Crippen MR) is 63.2 cm³/mol. The lowest BCUT2D eigenvalue weighted by molar-refractivity contribution is -0.402. The van der Waals surface area contributed by atoms with E-state index in [1.165, 1.54) is 6.07 Å². The number of rotatable bonds is 6. The molecule has 2 atom stereocenters. The van der Waals surface area contributed by atoms with Gasteiger partial charge in [-0.25, -0.2) is 0 Å². The molecule has 2 N–H and O–H groups in total. The maximum atomic E-state index is 11.6. The van der Waals surface area contributed by atoms with Gasteiger partial charge in [0.15, 0.2) is 5.76 Å². The fourth-order valence-electron chi connectivity index (χ4n) is 1.31. The molecule has 1 amide bonds. The van der Waals surface area contributed by atoms with Crippen molar-refractivity contribution in [1.29, 1.82) is 0 Å². The van der Waals surface area contributed by atoms with Crippen LogP contribution in [0.5, 0.6) is 0 Å². The number of aliphatic hydroxyl groups is 1. The lowest BCUT2D eigenvalue weighted by atomic mass is 10.0. The van der Waals surface area contributed by atoms with Gasteiger partial charge in [-0.3, -0.25) is 14.9 Å². The van der Waals surface area contributed by atoms with Crippen LogP contribution in [0.25, 0.3) is 0 Å². The minimum atomic E-state index is -0.717. The molecule has 0 saturated carbocycles. The second kappa shape index (κ2) is 6.15. The summed E-state index contributed by atoms with van der Waals surface area (Å²) >= 11 is 0. The molecule has 0 saturated heterocycles. The summed E-state index contributed by atoms with van der Waals surface area (Å²) in [6.07, 6.45) is 0.146. The lowest BCUT2D eigenvalue weighted by Gasteiger charge is -2.16. The SMILES string of the molecule is CCC(C)C(O)CNC(=O)c1ccc([N+](=O)[O-])o1. The molecule has 2 unspecified atom stereocenters. The molecule has 1 aromatic heterocycles. The Bertz CT molecular complexity index is 429. The van der Waals surface area contributed by atoms with Gasteiger partial charge in [-0.1, -0.05) is 20.3 Å². The highest BCUT2D eigenvalue weighted by atomic mass is 16.6. The number of nitrogens with zero attached hydrogens (tertiary/aromatic N) is 1. The zero-order chi connectivity index (χ0) is 13.7. The lowest BCUT2D eigenvalue weighted by Crippen LogP contribution is -2.35. The Morgan fingerprint density at radius 1 is 1.61 bits per heavy atom. The average Bonchev–Trinajstić information content (AvgIpc) is 2.84. The van der Waals surface area contributed by atoms with Crippen LogP contribution in [0.15, 0.2) is 16.5 Å². The van der Waals surface area contributed by atoms with Crippen molar-refractivity contribution >= 4 is 11.8 Å². The van der Waals surface area contributed by atoms with Crippen LogP contribution < -0.4 is 5.32 Å². The third-order valence-corrected chi connectivity index (χ3v) is 2.77. The maximum absolute atomic E-state index is 11.6. The Morgan fingerprint density at radius 2 is 2.28 bits per heavy atom. The van der Waals surface area contributed by atoms with Crippen molar-refractivity contribution in [3.8, 4) is 0 Å². The van der Waals surface area contributed by atoms with Crippen LogP contribution >= 0.6 is 0 Å². The van der Waals surface area contributed by atoms with Crippen LogP contribution in [0.3, 0.4) is 0 Å². The van der Waals surface area contributed by atoms with E-state index in [9.17, 15) is 20.0 Å². The normalized spacial score (nSPS) is 13.9. The minimum absolute atomic E-state index is 0.0660. The first-order valence-corrected chi connectivity index (χ1v) is 5.66. The number of carbonyl (C=O) groups excluding carboxylic acids is 1. The van der Waals surface area contributed by atoms with Crippen molar-refractivity contribution in [3.63, 3.8) is 0 Å².